The van der Waals surface area contributed by atoms with E-state index in [0.717, 1.165) is 44.7 Å². The Bertz CT molecular complexity index is 1560. The highest BCUT2D eigenvalue weighted by atomic mass is 16.1. The Morgan fingerprint density at radius 3 is 1.42 bits per heavy atom. The van der Waals surface area contributed by atoms with Crippen molar-refractivity contribution in [3.05, 3.63) is 185 Å². The van der Waals surface area contributed by atoms with Crippen molar-refractivity contribution < 1.29 is 4.79 Å². The summed E-state index contributed by atoms with van der Waals surface area (Å²) in [5, 5.41) is 0. The van der Waals surface area contributed by atoms with Crippen LogP contribution in [0.25, 0.3) is 16.8 Å². The third-order valence-electron chi connectivity index (χ3n) is 6.87. The largest absolute Gasteiger partial charge is 0.332 e. The Morgan fingerprint density at radius 1 is 0.500 bits per heavy atom. The molecule has 38 heavy (non-hydrogen) atoms. The summed E-state index contributed by atoms with van der Waals surface area (Å²) in [6.07, 6.45) is 0. The molecule has 0 aliphatic carbocycles. The number of hydrogen-bond acceptors (Lipinski definition) is 2. The smallest absolute Gasteiger partial charge is 0.212 e. The Labute approximate surface area is 223 Å². The lowest BCUT2D eigenvalue weighted by Gasteiger charge is -2.27. The maximum atomic E-state index is 14.7. The van der Waals surface area contributed by atoms with Gasteiger partial charge in [-0.25, -0.2) is 0 Å². The van der Waals surface area contributed by atoms with E-state index in [0.29, 0.717) is 12.2 Å². The molecule has 0 radical (unpaired) electrons. The normalized spacial score (nSPS) is 13.2. The zero-order chi connectivity index (χ0) is 25.7. The number of Topliss-reactive ketones (excluding diaryl/α,β-unsaturated/α-hetero) is 1. The second-order valence-corrected chi connectivity index (χ2v) is 9.31. The molecule has 0 fully saturated rings. The molecule has 0 spiro atoms. The molecule has 0 amide bonds. The molecule has 5 aromatic rings. The van der Waals surface area contributed by atoms with Crippen LogP contribution in [0.1, 0.15) is 27.8 Å². The van der Waals surface area contributed by atoms with Gasteiger partial charge in [-0.2, -0.15) is 0 Å². The van der Waals surface area contributed by atoms with Gasteiger partial charge in [0.2, 0.25) is 5.78 Å². The van der Waals surface area contributed by atoms with Crippen LogP contribution in [0.3, 0.4) is 0 Å². The minimum Gasteiger partial charge on any atom is -0.332 e. The maximum absolute atomic E-state index is 14.7. The predicted octanol–water partition coefficient (Wildman–Crippen LogP) is 8.10. The van der Waals surface area contributed by atoms with E-state index in [2.05, 4.69) is 65.6 Å². The fourth-order valence-corrected chi connectivity index (χ4v) is 5.19. The number of rotatable bonds is 6. The van der Waals surface area contributed by atoms with Crippen molar-refractivity contribution in [1.82, 2.24) is 4.90 Å². The van der Waals surface area contributed by atoms with Crippen molar-refractivity contribution >= 4 is 22.6 Å². The first-order valence-electron chi connectivity index (χ1n) is 12.9. The summed E-state index contributed by atoms with van der Waals surface area (Å²) in [7, 11) is 0. The molecule has 182 valence electrons. The highest BCUT2D eigenvalue weighted by molar-refractivity contribution is 6.39. The molecule has 1 aliphatic rings. The molecule has 0 unspecified atom stereocenters. The number of allylic oxidation sites excluding steroid dienone is 1. The van der Waals surface area contributed by atoms with E-state index in [1.54, 1.807) is 0 Å². The summed E-state index contributed by atoms with van der Waals surface area (Å²) >= 11 is 0. The minimum atomic E-state index is 0.0358. The van der Waals surface area contributed by atoms with Crippen LogP contribution in [0.15, 0.2) is 157 Å². The fraction of sp³-hybridized carbons (Fsp3) is 0.0278. The van der Waals surface area contributed by atoms with E-state index >= 15 is 0 Å². The Morgan fingerprint density at radius 2 is 0.921 bits per heavy atom. The van der Waals surface area contributed by atoms with Crippen LogP contribution in [-0.4, -0.2) is 10.7 Å². The van der Waals surface area contributed by atoms with Crippen LogP contribution in [0.4, 0.5) is 0 Å². The number of benzene rings is 5. The van der Waals surface area contributed by atoms with Gasteiger partial charge in [-0.1, -0.05) is 152 Å². The Hall–Kier alpha value is -4.95. The van der Waals surface area contributed by atoms with Gasteiger partial charge in [0.15, 0.2) is 0 Å². The average Bonchev–Trinajstić information content (AvgIpc) is 3.27. The summed E-state index contributed by atoms with van der Waals surface area (Å²) < 4.78 is 0. The van der Waals surface area contributed by atoms with E-state index in [9.17, 15) is 4.79 Å². The molecule has 5 aromatic carbocycles. The quantitative estimate of drug-likeness (QED) is 0.225. The number of ketones is 1. The molecule has 0 N–H and O–H groups in total. The van der Waals surface area contributed by atoms with Crippen molar-refractivity contribution in [3.63, 3.8) is 0 Å². The summed E-state index contributed by atoms with van der Waals surface area (Å²) in [5.41, 5.74) is 8.41. The summed E-state index contributed by atoms with van der Waals surface area (Å²) in [6, 6.07) is 51.2. The highest BCUT2D eigenvalue weighted by Gasteiger charge is 2.39. The van der Waals surface area contributed by atoms with Crippen LogP contribution in [0, 0.1) is 0 Å². The molecule has 0 saturated heterocycles. The summed E-state index contributed by atoms with van der Waals surface area (Å²) in [6.45, 7) is 0.575. The molecule has 0 saturated carbocycles. The molecule has 2 heteroatoms. The molecular weight excluding hydrogens is 462 g/mol. The van der Waals surface area contributed by atoms with Gasteiger partial charge in [0.1, 0.15) is 0 Å². The van der Waals surface area contributed by atoms with Crippen molar-refractivity contribution in [2.75, 3.05) is 0 Å². The maximum Gasteiger partial charge on any atom is 0.212 e. The van der Waals surface area contributed by atoms with Gasteiger partial charge >= 0.3 is 0 Å². The molecule has 1 heterocycles. The van der Waals surface area contributed by atoms with E-state index in [4.69, 9.17) is 0 Å². The number of hydrogen-bond donors (Lipinski definition) is 0. The van der Waals surface area contributed by atoms with E-state index in [1.165, 1.54) is 0 Å². The summed E-state index contributed by atoms with van der Waals surface area (Å²) in [4.78, 5) is 16.9. The van der Waals surface area contributed by atoms with Gasteiger partial charge in [0.25, 0.3) is 0 Å². The molecule has 1 aliphatic heterocycles. The van der Waals surface area contributed by atoms with Crippen LogP contribution < -0.4 is 0 Å². The van der Waals surface area contributed by atoms with Crippen molar-refractivity contribution in [2.24, 2.45) is 0 Å². The first kappa shape index (κ1) is 23.4. The fourth-order valence-electron chi connectivity index (χ4n) is 5.19. The van der Waals surface area contributed by atoms with Gasteiger partial charge in [0, 0.05) is 12.1 Å². The zero-order valence-corrected chi connectivity index (χ0v) is 21.0. The second kappa shape index (κ2) is 10.6. The van der Waals surface area contributed by atoms with Gasteiger partial charge in [-0.15, -0.1) is 0 Å². The Balaban J connectivity index is 1.69. The van der Waals surface area contributed by atoms with E-state index in [1.807, 2.05) is 91.0 Å². The number of carbonyl (C=O) groups excluding carboxylic acids is 1. The first-order valence-corrected chi connectivity index (χ1v) is 12.9. The van der Waals surface area contributed by atoms with Crippen molar-refractivity contribution in [2.45, 2.75) is 6.54 Å². The Kier molecular flexibility index (Phi) is 6.53. The minimum absolute atomic E-state index is 0.0358. The molecule has 6 rings (SSSR count). The van der Waals surface area contributed by atoms with Gasteiger partial charge in [-0.3, -0.25) is 4.79 Å². The second-order valence-electron chi connectivity index (χ2n) is 9.31. The molecular formula is C36H27NO. The van der Waals surface area contributed by atoms with Crippen LogP contribution in [0.5, 0.6) is 0 Å². The van der Waals surface area contributed by atoms with E-state index < -0.39 is 0 Å². The van der Waals surface area contributed by atoms with Crippen molar-refractivity contribution in [3.8, 4) is 0 Å². The molecule has 0 atom stereocenters. The van der Waals surface area contributed by atoms with Crippen molar-refractivity contribution in [1.29, 1.82) is 0 Å². The lowest BCUT2D eigenvalue weighted by Crippen LogP contribution is -2.21. The molecule has 0 aromatic heterocycles. The third-order valence-corrected chi connectivity index (χ3v) is 6.87. The monoisotopic (exact) mass is 489 g/mol. The standard InChI is InChI=1S/C36H27NO/c38-36-33(30-22-12-4-13-23-30)34(31-24-14-5-15-25-31)37(26-27-16-6-1-7-17-27)35(36)32(28-18-8-2-9-19-28)29-20-10-3-11-21-29/h1-25H,26H2. The number of nitrogens with zero attached hydrogens (tertiary/aromatic N) is 1. The van der Waals surface area contributed by atoms with Gasteiger partial charge in [0.05, 0.1) is 17.0 Å². The lowest BCUT2D eigenvalue weighted by atomic mass is 9.92. The molecule has 2 nitrogen and oxygen atoms in total. The summed E-state index contributed by atoms with van der Waals surface area (Å²) in [5.74, 6) is 0.0358. The predicted molar refractivity (Wildman–Crippen MR) is 156 cm³/mol. The SMILES string of the molecule is O=C1C(c2ccccc2)=C(c2ccccc2)N(Cc2ccccc2)C1=C(c1ccccc1)c1ccccc1. The van der Waals surface area contributed by atoms with Gasteiger partial charge in [-0.05, 0) is 27.8 Å². The molecule has 0 bridgehead atoms. The van der Waals surface area contributed by atoms with Crippen LogP contribution in [-0.2, 0) is 11.3 Å². The van der Waals surface area contributed by atoms with Gasteiger partial charge < -0.3 is 4.90 Å². The van der Waals surface area contributed by atoms with E-state index in [-0.39, 0.29) is 5.78 Å². The topological polar surface area (TPSA) is 20.3 Å². The highest BCUT2D eigenvalue weighted by Crippen LogP contribution is 2.45. The number of carbonyl (C=O) groups is 1. The zero-order valence-electron chi connectivity index (χ0n) is 21.0. The average molecular weight is 490 g/mol. The van der Waals surface area contributed by atoms with Crippen LogP contribution >= 0.6 is 0 Å². The first-order chi connectivity index (χ1) is 18.8. The van der Waals surface area contributed by atoms with Crippen LogP contribution in [0.2, 0.25) is 0 Å². The lowest BCUT2D eigenvalue weighted by molar-refractivity contribution is -0.111. The third kappa shape index (κ3) is 4.49.